The van der Waals surface area contributed by atoms with Crippen molar-refractivity contribution in [3.63, 3.8) is 0 Å². The van der Waals surface area contributed by atoms with Crippen LogP contribution in [0.1, 0.15) is 127 Å². The molecular formula is C38H64N6O8. The predicted octanol–water partition coefficient (Wildman–Crippen LogP) is 3.26. The lowest BCUT2D eigenvalue weighted by Gasteiger charge is -2.54. The number of carboxylic acid groups (broad SMARTS) is 1. The molecular weight excluding hydrogens is 668 g/mol. The molecule has 3 aliphatic rings. The van der Waals surface area contributed by atoms with Crippen LogP contribution in [0.2, 0.25) is 0 Å². The Morgan fingerprint density at radius 1 is 0.904 bits per heavy atom. The fourth-order valence-corrected chi connectivity index (χ4v) is 7.69. The van der Waals surface area contributed by atoms with Crippen molar-refractivity contribution in [3.8, 4) is 0 Å². The standard InChI is InChI=1S/C38H64N6O8/c1-21(2)24(19-27(45)43-37(8,9)33(50)51)41-34(52)42-29(35(3,4)5)32(49)44-20-23(36(6,7)38(10)15-12-16-38)18-26(44)31(48)40-25(28(46)30(39)47)17-22-13-11-14-22/h21-26,29H,11-20H2,1-10H3,(H2,39,47)(H,40,48)(H,43,45)(H,50,51)(H2,41,42,52)/t23?,24-,25?,26+,29-/m1/s1. The largest absolute Gasteiger partial charge is 0.480 e. The first-order valence-electron chi connectivity index (χ1n) is 18.9. The molecule has 1 heterocycles. The van der Waals surface area contributed by atoms with E-state index < -0.39 is 76.5 Å². The molecule has 0 bridgehead atoms. The zero-order valence-electron chi connectivity index (χ0n) is 32.9. The van der Waals surface area contributed by atoms with E-state index in [0.29, 0.717) is 12.8 Å². The fourth-order valence-electron chi connectivity index (χ4n) is 7.69. The van der Waals surface area contributed by atoms with Crippen LogP contribution in [0.5, 0.6) is 0 Å². The van der Waals surface area contributed by atoms with Crippen molar-refractivity contribution < 1.29 is 38.7 Å². The van der Waals surface area contributed by atoms with Gasteiger partial charge in [-0.25, -0.2) is 9.59 Å². The molecule has 2 aliphatic carbocycles. The topological polar surface area (TPSA) is 217 Å². The molecule has 3 rings (SSSR count). The van der Waals surface area contributed by atoms with E-state index in [2.05, 4.69) is 42.0 Å². The molecule has 0 spiro atoms. The maximum atomic E-state index is 14.7. The molecule has 14 nitrogen and oxygen atoms in total. The lowest BCUT2D eigenvalue weighted by molar-refractivity contribution is -0.146. The Morgan fingerprint density at radius 2 is 1.50 bits per heavy atom. The van der Waals surface area contributed by atoms with Gasteiger partial charge in [-0.3, -0.25) is 24.0 Å². The third-order valence-electron chi connectivity index (χ3n) is 12.5. The summed E-state index contributed by atoms with van der Waals surface area (Å²) in [6, 6.07) is -4.51. The number of likely N-dealkylation sites (tertiary alicyclic amines) is 1. The summed E-state index contributed by atoms with van der Waals surface area (Å²) in [5.74, 6) is -4.82. The second kappa shape index (κ2) is 16.1. The number of hydrogen-bond acceptors (Lipinski definition) is 7. The van der Waals surface area contributed by atoms with Crippen LogP contribution in [0.4, 0.5) is 4.79 Å². The van der Waals surface area contributed by atoms with Gasteiger partial charge in [-0.15, -0.1) is 0 Å². The number of hydrogen-bond donors (Lipinski definition) is 6. The van der Waals surface area contributed by atoms with E-state index in [1.54, 1.807) is 20.8 Å². The van der Waals surface area contributed by atoms with Gasteiger partial charge < -0.3 is 37.0 Å². The van der Waals surface area contributed by atoms with Crippen molar-refractivity contribution in [2.75, 3.05) is 6.54 Å². The van der Waals surface area contributed by atoms with Gasteiger partial charge in [0.15, 0.2) is 0 Å². The van der Waals surface area contributed by atoms with Gasteiger partial charge in [-0.05, 0) is 73.5 Å². The third kappa shape index (κ3) is 9.83. The monoisotopic (exact) mass is 732 g/mol. The summed E-state index contributed by atoms with van der Waals surface area (Å²) in [6.07, 6.45) is 6.44. The molecule has 5 atom stereocenters. The molecule has 2 saturated carbocycles. The number of carboxylic acids is 1. The van der Waals surface area contributed by atoms with Crippen LogP contribution in [0, 0.1) is 34.0 Å². The molecule has 1 aliphatic heterocycles. The molecule has 3 fully saturated rings. The summed E-state index contributed by atoms with van der Waals surface area (Å²) in [6.45, 7) is 18.6. The number of Topliss-reactive ketones (excluding diaryl/α,β-unsaturated/α-hetero) is 1. The van der Waals surface area contributed by atoms with Crippen LogP contribution in [0.25, 0.3) is 0 Å². The minimum absolute atomic E-state index is 0.0197. The van der Waals surface area contributed by atoms with E-state index in [4.69, 9.17) is 5.73 Å². The number of urea groups is 1. The molecule has 52 heavy (non-hydrogen) atoms. The Kier molecular flexibility index (Phi) is 13.2. The molecule has 0 aromatic carbocycles. The van der Waals surface area contributed by atoms with E-state index in [0.717, 1.165) is 38.5 Å². The Labute approximate surface area is 308 Å². The van der Waals surface area contributed by atoms with Gasteiger partial charge in [0.1, 0.15) is 17.6 Å². The van der Waals surface area contributed by atoms with Crippen LogP contribution in [0.15, 0.2) is 0 Å². The highest BCUT2D eigenvalue weighted by atomic mass is 16.4. The zero-order chi connectivity index (χ0) is 39.6. The Morgan fingerprint density at radius 3 is 1.94 bits per heavy atom. The molecule has 7 N–H and O–H groups in total. The van der Waals surface area contributed by atoms with Gasteiger partial charge in [0.2, 0.25) is 23.5 Å². The van der Waals surface area contributed by atoms with Crippen molar-refractivity contribution in [3.05, 3.63) is 0 Å². The third-order valence-corrected chi connectivity index (χ3v) is 12.5. The molecule has 1 saturated heterocycles. The molecule has 0 radical (unpaired) electrons. The van der Waals surface area contributed by atoms with Gasteiger partial charge in [0.25, 0.3) is 5.91 Å². The quantitative estimate of drug-likeness (QED) is 0.129. The minimum Gasteiger partial charge on any atom is -0.480 e. The highest BCUT2D eigenvalue weighted by Gasteiger charge is 2.55. The summed E-state index contributed by atoms with van der Waals surface area (Å²) < 4.78 is 0. The number of ketones is 1. The second-order valence-electron chi connectivity index (χ2n) is 18.3. The first kappa shape index (κ1) is 42.7. The highest BCUT2D eigenvalue weighted by Crippen LogP contribution is 2.59. The minimum atomic E-state index is -1.50. The van der Waals surface area contributed by atoms with E-state index in [1.165, 1.54) is 18.7 Å². The Hall–Kier alpha value is -3.71. The van der Waals surface area contributed by atoms with Crippen molar-refractivity contribution in [2.24, 2.45) is 39.7 Å². The smallest absolute Gasteiger partial charge is 0.328 e. The summed E-state index contributed by atoms with van der Waals surface area (Å²) >= 11 is 0. The molecule has 6 amide bonds. The maximum absolute atomic E-state index is 14.7. The lowest BCUT2D eigenvalue weighted by atomic mass is 9.51. The molecule has 0 aromatic rings. The fraction of sp³-hybridized carbons (Fsp3) is 0.816. The second-order valence-corrected chi connectivity index (χ2v) is 18.3. The average molecular weight is 733 g/mol. The number of aliphatic carboxylic acids is 1. The van der Waals surface area contributed by atoms with Crippen LogP contribution in [0.3, 0.4) is 0 Å². The molecule has 14 heteroatoms. The maximum Gasteiger partial charge on any atom is 0.328 e. The molecule has 2 unspecified atom stereocenters. The first-order chi connectivity index (χ1) is 23.8. The van der Waals surface area contributed by atoms with Gasteiger partial charge in [0.05, 0.1) is 6.04 Å². The lowest BCUT2D eigenvalue weighted by Crippen LogP contribution is -2.61. The number of rotatable bonds is 16. The van der Waals surface area contributed by atoms with Crippen LogP contribution >= 0.6 is 0 Å². The Bertz CT molecular complexity index is 1390. The summed E-state index contributed by atoms with van der Waals surface area (Å²) in [5, 5.41) is 20.3. The number of nitrogens with one attached hydrogen (secondary N) is 4. The van der Waals surface area contributed by atoms with Crippen LogP contribution in [-0.2, 0) is 28.8 Å². The number of carbonyl (C=O) groups excluding carboxylic acids is 6. The SMILES string of the molecule is CC(C)[C@@H](CC(=O)NC(C)(C)C(=O)O)NC(=O)N[C@H](C(=O)N1CC(C(C)(C)C2(C)CCC2)C[C@H]1C(=O)NC(CC1CCC1)C(=O)C(N)=O)C(C)(C)C. The zero-order valence-corrected chi connectivity index (χ0v) is 32.9. The van der Waals surface area contributed by atoms with E-state index in [9.17, 15) is 38.7 Å². The highest BCUT2D eigenvalue weighted by molar-refractivity contribution is 6.37. The molecule has 0 aromatic heterocycles. The molecule has 294 valence electrons. The summed E-state index contributed by atoms with van der Waals surface area (Å²) in [4.78, 5) is 93.1. The van der Waals surface area contributed by atoms with E-state index in [-0.39, 0.29) is 41.5 Å². The number of nitrogens with zero attached hydrogens (tertiary/aromatic N) is 1. The Balaban J connectivity index is 1.88. The first-order valence-corrected chi connectivity index (χ1v) is 18.9. The number of carbonyl (C=O) groups is 7. The summed E-state index contributed by atoms with van der Waals surface area (Å²) in [5.41, 5.74) is 2.85. The van der Waals surface area contributed by atoms with Gasteiger partial charge in [-0.2, -0.15) is 0 Å². The van der Waals surface area contributed by atoms with Gasteiger partial charge >= 0.3 is 12.0 Å². The number of nitrogens with two attached hydrogens (primary N) is 1. The van der Waals surface area contributed by atoms with Crippen molar-refractivity contribution >= 4 is 41.4 Å². The van der Waals surface area contributed by atoms with Crippen molar-refractivity contribution in [1.29, 1.82) is 0 Å². The number of amides is 6. The van der Waals surface area contributed by atoms with E-state index >= 15 is 0 Å². The number of primary amides is 1. The van der Waals surface area contributed by atoms with Gasteiger partial charge in [0, 0.05) is 19.0 Å². The van der Waals surface area contributed by atoms with Crippen molar-refractivity contribution in [2.45, 2.75) is 157 Å². The normalized spacial score (nSPS) is 22.2. The van der Waals surface area contributed by atoms with Crippen LogP contribution < -0.4 is 27.0 Å². The predicted molar refractivity (Wildman–Crippen MR) is 195 cm³/mol. The van der Waals surface area contributed by atoms with E-state index in [1.807, 2.05) is 13.8 Å². The average Bonchev–Trinajstić information content (AvgIpc) is 3.44. The summed E-state index contributed by atoms with van der Waals surface area (Å²) in [7, 11) is 0. The van der Waals surface area contributed by atoms with Crippen molar-refractivity contribution in [1.82, 2.24) is 26.2 Å². The van der Waals surface area contributed by atoms with Crippen LogP contribution in [-0.4, -0.2) is 87.7 Å². The van der Waals surface area contributed by atoms with Gasteiger partial charge in [-0.1, -0.05) is 81.1 Å².